The molecule has 1 fully saturated rings. The van der Waals surface area contributed by atoms with E-state index in [9.17, 15) is 9.59 Å². The van der Waals surface area contributed by atoms with Gasteiger partial charge in [-0.15, -0.1) is 0 Å². The third-order valence-electron chi connectivity index (χ3n) is 4.97. The number of hydrogen-bond acceptors (Lipinski definition) is 6. The highest BCUT2D eigenvalue weighted by Gasteiger charge is 2.15. The summed E-state index contributed by atoms with van der Waals surface area (Å²) in [6.07, 6.45) is 3.14. The van der Waals surface area contributed by atoms with Crippen LogP contribution in [-0.2, 0) is 29.0 Å². The van der Waals surface area contributed by atoms with E-state index in [-0.39, 0.29) is 17.8 Å². The van der Waals surface area contributed by atoms with Gasteiger partial charge in [0, 0.05) is 36.4 Å². The first kappa shape index (κ1) is 20.5. The lowest BCUT2D eigenvalue weighted by Crippen LogP contribution is -2.36. The van der Waals surface area contributed by atoms with Gasteiger partial charge >= 0.3 is 0 Å². The fraction of sp³-hybridized carbons (Fsp3) is 0.333. The van der Waals surface area contributed by atoms with Gasteiger partial charge in [-0.05, 0) is 17.7 Å². The Bertz CT molecular complexity index is 1090. The molecule has 4 rings (SSSR count). The Morgan fingerprint density at radius 1 is 1.23 bits per heavy atom. The van der Waals surface area contributed by atoms with Crippen LogP contribution in [0.4, 0.5) is 0 Å². The molecule has 0 atom stereocenters. The summed E-state index contributed by atoms with van der Waals surface area (Å²) in [5, 5.41) is 3.46. The second kappa shape index (κ2) is 9.34. The van der Waals surface area contributed by atoms with Gasteiger partial charge in [-0.25, -0.2) is 9.97 Å². The van der Waals surface area contributed by atoms with Gasteiger partial charge in [-0.1, -0.05) is 23.7 Å². The van der Waals surface area contributed by atoms with Crippen LogP contribution in [-0.4, -0.2) is 52.1 Å². The number of nitrogens with zero attached hydrogens (tertiary/aromatic N) is 3. The van der Waals surface area contributed by atoms with E-state index in [2.05, 4.69) is 25.2 Å². The van der Waals surface area contributed by atoms with Crippen LogP contribution < -0.4 is 10.7 Å². The molecule has 8 nitrogen and oxygen atoms in total. The number of hydrogen-bond donors (Lipinski definition) is 2. The third kappa shape index (κ3) is 5.02. The predicted octanol–water partition coefficient (Wildman–Crippen LogP) is 1.66. The first-order chi connectivity index (χ1) is 14.6. The van der Waals surface area contributed by atoms with Crippen molar-refractivity contribution in [3.63, 3.8) is 0 Å². The molecule has 0 spiro atoms. The zero-order chi connectivity index (χ0) is 20.9. The van der Waals surface area contributed by atoms with Gasteiger partial charge in [0.25, 0.3) is 0 Å². The largest absolute Gasteiger partial charge is 0.379 e. The second-order valence-corrected chi connectivity index (χ2v) is 7.60. The molecule has 1 aromatic carbocycles. The molecule has 156 valence electrons. The van der Waals surface area contributed by atoms with Gasteiger partial charge in [0.1, 0.15) is 11.3 Å². The van der Waals surface area contributed by atoms with Crippen molar-refractivity contribution in [1.29, 1.82) is 0 Å². The lowest BCUT2D eigenvalue weighted by Gasteiger charge is -2.25. The fourth-order valence-electron chi connectivity index (χ4n) is 3.28. The van der Waals surface area contributed by atoms with Crippen LogP contribution in [0.3, 0.4) is 0 Å². The van der Waals surface area contributed by atoms with Crippen molar-refractivity contribution < 1.29 is 9.53 Å². The summed E-state index contributed by atoms with van der Waals surface area (Å²) in [7, 11) is 0. The minimum Gasteiger partial charge on any atom is -0.379 e. The highest BCUT2D eigenvalue weighted by atomic mass is 35.5. The molecule has 0 aliphatic carbocycles. The number of benzene rings is 1. The Balaban J connectivity index is 1.45. The van der Waals surface area contributed by atoms with Gasteiger partial charge in [-0.3, -0.25) is 14.5 Å². The van der Waals surface area contributed by atoms with Crippen molar-refractivity contribution in [3.05, 3.63) is 68.9 Å². The summed E-state index contributed by atoms with van der Waals surface area (Å²) in [5.41, 5.74) is 1.90. The third-order valence-corrected chi connectivity index (χ3v) is 5.22. The fourth-order valence-corrected chi connectivity index (χ4v) is 3.41. The number of aromatic nitrogens is 3. The molecule has 2 N–H and O–H groups in total. The summed E-state index contributed by atoms with van der Waals surface area (Å²) in [6.45, 7) is 3.92. The molecular formula is C21H22ClN5O3. The summed E-state index contributed by atoms with van der Waals surface area (Å²) < 4.78 is 5.35. The standard InChI is InChI=1S/C21H22ClN5O3/c22-16-3-1-14(2-4-16)10-25-19(28)9-15-11-23-17-12-24-18(26-20(17)21(15)29)13-27-5-7-30-8-6-27/h1-4,11-12H,5-10,13H2,(H,23,29)(H,25,28). The zero-order valence-electron chi connectivity index (χ0n) is 16.4. The molecule has 3 aromatic rings. The van der Waals surface area contributed by atoms with Crippen molar-refractivity contribution in [1.82, 2.24) is 25.2 Å². The number of nitrogens with one attached hydrogen (secondary N) is 2. The number of aromatic amines is 1. The van der Waals surface area contributed by atoms with Crippen molar-refractivity contribution in [2.75, 3.05) is 26.3 Å². The maximum absolute atomic E-state index is 12.9. The lowest BCUT2D eigenvalue weighted by molar-refractivity contribution is -0.120. The molecule has 30 heavy (non-hydrogen) atoms. The average molecular weight is 428 g/mol. The first-order valence-electron chi connectivity index (χ1n) is 9.76. The summed E-state index contributed by atoms with van der Waals surface area (Å²) >= 11 is 5.87. The second-order valence-electron chi connectivity index (χ2n) is 7.16. The Morgan fingerprint density at radius 2 is 2.00 bits per heavy atom. The number of rotatable bonds is 6. The normalized spacial score (nSPS) is 14.7. The van der Waals surface area contributed by atoms with E-state index in [1.54, 1.807) is 24.5 Å². The minimum absolute atomic E-state index is 0.0261. The van der Waals surface area contributed by atoms with Gasteiger partial charge in [-0.2, -0.15) is 0 Å². The summed E-state index contributed by atoms with van der Waals surface area (Å²) in [5.74, 6) is 0.344. The van der Waals surface area contributed by atoms with Crippen LogP contribution in [0, 0.1) is 0 Å². The predicted molar refractivity (Wildman–Crippen MR) is 113 cm³/mol. The number of morpholine rings is 1. The molecule has 2 aromatic heterocycles. The molecule has 0 bridgehead atoms. The molecular weight excluding hydrogens is 406 g/mol. The van der Waals surface area contributed by atoms with E-state index in [0.717, 1.165) is 18.7 Å². The Morgan fingerprint density at radius 3 is 2.77 bits per heavy atom. The molecule has 0 saturated carbocycles. The molecule has 1 aliphatic rings. The molecule has 1 saturated heterocycles. The average Bonchev–Trinajstić information content (AvgIpc) is 2.76. The lowest BCUT2D eigenvalue weighted by atomic mass is 10.1. The van der Waals surface area contributed by atoms with Crippen LogP contribution in [0.25, 0.3) is 11.0 Å². The van der Waals surface area contributed by atoms with Crippen molar-refractivity contribution in [3.8, 4) is 0 Å². The molecule has 9 heteroatoms. The van der Waals surface area contributed by atoms with E-state index in [1.807, 2.05) is 12.1 Å². The first-order valence-corrected chi connectivity index (χ1v) is 10.1. The van der Waals surface area contributed by atoms with Crippen LogP contribution in [0.15, 0.2) is 41.5 Å². The van der Waals surface area contributed by atoms with E-state index in [1.165, 1.54) is 0 Å². The molecule has 1 amide bonds. The quantitative estimate of drug-likeness (QED) is 0.620. The van der Waals surface area contributed by atoms with Crippen molar-refractivity contribution in [2.24, 2.45) is 0 Å². The number of H-pyrrole nitrogens is 1. The van der Waals surface area contributed by atoms with E-state index < -0.39 is 0 Å². The number of carbonyl (C=O) groups excluding carboxylic acids is 1. The zero-order valence-corrected chi connectivity index (χ0v) is 17.1. The molecule has 3 heterocycles. The Labute approximate surface area is 178 Å². The monoisotopic (exact) mass is 427 g/mol. The maximum atomic E-state index is 12.9. The topological polar surface area (TPSA) is 100 Å². The molecule has 0 unspecified atom stereocenters. The summed E-state index contributed by atoms with van der Waals surface area (Å²) in [6, 6.07) is 7.23. The van der Waals surface area contributed by atoms with Crippen LogP contribution >= 0.6 is 11.6 Å². The van der Waals surface area contributed by atoms with E-state index in [4.69, 9.17) is 16.3 Å². The van der Waals surface area contributed by atoms with Gasteiger partial charge in [0.05, 0.1) is 37.9 Å². The van der Waals surface area contributed by atoms with Gasteiger partial charge < -0.3 is 15.0 Å². The number of amides is 1. The number of ether oxygens (including phenoxy) is 1. The van der Waals surface area contributed by atoms with Gasteiger partial charge in [0.2, 0.25) is 11.3 Å². The number of halogens is 1. The van der Waals surface area contributed by atoms with E-state index in [0.29, 0.717) is 53.7 Å². The number of pyridine rings is 1. The highest BCUT2D eigenvalue weighted by molar-refractivity contribution is 6.30. The Kier molecular flexibility index (Phi) is 6.37. The van der Waals surface area contributed by atoms with E-state index >= 15 is 0 Å². The molecule has 0 radical (unpaired) electrons. The van der Waals surface area contributed by atoms with Crippen LogP contribution in [0.5, 0.6) is 0 Å². The minimum atomic E-state index is -0.254. The van der Waals surface area contributed by atoms with Crippen LogP contribution in [0.2, 0.25) is 5.02 Å². The highest BCUT2D eigenvalue weighted by Crippen LogP contribution is 2.10. The maximum Gasteiger partial charge on any atom is 0.224 e. The number of fused-ring (bicyclic) bond motifs is 1. The smallest absolute Gasteiger partial charge is 0.224 e. The number of carbonyl (C=O) groups is 1. The SMILES string of the molecule is O=C(Cc1c[nH]c2cnc(CN3CCOCC3)nc2c1=O)NCc1ccc(Cl)cc1. The molecule has 1 aliphatic heterocycles. The van der Waals surface area contributed by atoms with Crippen LogP contribution in [0.1, 0.15) is 17.0 Å². The van der Waals surface area contributed by atoms with Crippen molar-refractivity contribution >= 4 is 28.5 Å². The summed E-state index contributed by atoms with van der Waals surface area (Å²) in [4.78, 5) is 39.2. The Hall–Kier alpha value is -2.81. The van der Waals surface area contributed by atoms with Crippen molar-refractivity contribution in [2.45, 2.75) is 19.5 Å². The van der Waals surface area contributed by atoms with Gasteiger partial charge in [0.15, 0.2) is 0 Å².